The third-order valence-corrected chi connectivity index (χ3v) is 2.83. The molecule has 18 heavy (non-hydrogen) atoms. The van der Waals surface area contributed by atoms with Gasteiger partial charge in [-0.25, -0.2) is 8.78 Å². The van der Waals surface area contributed by atoms with E-state index in [0.717, 1.165) is 6.07 Å². The zero-order valence-electron chi connectivity index (χ0n) is 8.99. The number of ether oxygens (including phenoxy) is 1. The van der Waals surface area contributed by atoms with Crippen molar-refractivity contribution in [1.82, 2.24) is 0 Å². The summed E-state index contributed by atoms with van der Waals surface area (Å²) in [7, 11) is 0. The number of benzene rings is 2. The van der Waals surface area contributed by atoms with E-state index in [4.69, 9.17) is 4.74 Å². The monoisotopic (exact) mass is 312 g/mol. The molecule has 0 heterocycles. The van der Waals surface area contributed by atoms with Crippen LogP contribution in [0.4, 0.5) is 8.78 Å². The fourth-order valence-electron chi connectivity index (χ4n) is 1.35. The maximum absolute atomic E-state index is 13.6. The summed E-state index contributed by atoms with van der Waals surface area (Å²) in [5, 5.41) is 0. The second kappa shape index (κ2) is 5.27. The van der Waals surface area contributed by atoms with Crippen molar-refractivity contribution in [3.63, 3.8) is 0 Å². The Morgan fingerprint density at radius 3 is 2.39 bits per heavy atom. The highest BCUT2D eigenvalue weighted by atomic mass is 79.9. The van der Waals surface area contributed by atoms with Crippen LogP contribution in [0.15, 0.2) is 40.9 Å². The van der Waals surface area contributed by atoms with Gasteiger partial charge in [0.2, 0.25) is 0 Å². The number of hydrogen-bond acceptors (Lipinski definition) is 2. The van der Waals surface area contributed by atoms with Crippen LogP contribution in [0.2, 0.25) is 0 Å². The summed E-state index contributed by atoms with van der Waals surface area (Å²) in [5.41, 5.74) is 0.220. The molecule has 0 unspecified atom stereocenters. The lowest BCUT2D eigenvalue weighted by molar-refractivity contribution is 0.112. The van der Waals surface area contributed by atoms with Crippen LogP contribution in [0.3, 0.4) is 0 Å². The molecule has 0 saturated carbocycles. The molecule has 2 nitrogen and oxygen atoms in total. The van der Waals surface area contributed by atoms with Crippen LogP contribution in [-0.4, -0.2) is 6.29 Å². The number of carbonyl (C=O) groups is 1. The maximum Gasteiger partial charge on any atom is 0.166 e. The van der Waals surface area contributed by atoms with Gasteiger partial charge in [-0.15, -0.1) is 0 Å². The third kappa shape index (κ3) is 2.73. The summed E-state index contributed by atoms with van der Waals surface area (Å²) >= 11 is 3.11. The first-order valence-corrected chi connectivity index (χ1v) is 5.77. The van der Waals surface area contributed by atoms with E-state index < -0.39 is 11.6 Å². The van der Waals surface area contributed by atoms with Crippen molar-refractivity contribution < 1.29 is 18.3 Å². The summed E-state index contributed by atoms with van der Waals surface area (Å²) in [6.07, 6.45) is 0.542. The van der Waals surface area contributed by atoms with E-state index in [2.05, 4.69) is 15.9 Å². The molecule has 0 radical (unpaired) electrons. The number of carbonyl (C=O) groups excluding carboxylic acids is 1. The average molecular weight is 313 g/mol. The van der Waals surface area contributed by atoms with E-state index in [9.17, 15) is 13.6 Å². The number of aldehydes is 1. The zero-order chi connectivity index (χ0) is 13.1. The van der Waals surface area contributed by atoms with Crippen molar-refractivity contribution in [3.8, 4) is 11.5 Å². The topological polar surface area (TPSA) is 26.3 Å². The highest BCUT2D eigenvalue weighted by Gasteiger charge is 2.09. The predicted molar refractivity (Wildman–Crippen MR) is 66.0 cm³/mol. The van der Waals surface area contributed by atoms with Crippen molar-refractivity contribution in [2.45, 2.75) is 0 Å². The van der Waals surface area contributed by atoms with Crippen LogP contribution < -0.4 is 4.74 Å². The van der Waals surface area contributed by atoms with Crippen molar-refractivity contribution in [1.29, 1.82) is 0 Å². The highest BCUT2D eigenvalue weighted by molar-refractivity contribution is 9.10. The Labute approximate surface area is 110 Å². The molecule has 2 aromatic carbocycles. The molecule has 2 rings (SSSR count). The SMILES string of the molecule is O=Cc1ccc(Oc2ccc(F)cc2Br)c(F)c1. The molecule has 0 spiro atoms. The average Bonchev–Trinajstić information content (AvgIpc) is 2.34. The maximum atomic E-state index is 13.6. The smallest absolute Gasteiger partial charge is 0.166 e. The molecule has 0 aliphatic rings. The van der Waals surface area contributed by atoms with Crippen LogP contribution in [-0.2, 0) is 0 Å². The van der Waals surface area contributed by atoms with E-state index in [1.807, 2.05) is 0 Å². The van der Waals surface area contributed by atoms with Gasteiger partial charge in [0.25, 0.3) is 0 Å². The quantitative estimate of drug-likeness (QED) is 0.788. The summed E-state index contributed by atoms with van der Waals surface area (Å²) < 4.78 is 32.1. The molecule has 0 fully saturated rings. The van der Waals surface area contributed by atoms with Gasteiger partial charge in [0.05, 0.1) is 4.47 Å². The van der Waals surface area contributed by atoms with E-state index in [1.54, 1.807) is 0 Å². The Morgan fingerprint density at radius 1 is 1.06 bits per heavy atom. The largest absolute Gasteiger partial charge is 0.453 e. The fraction of sp³-hybridized carbons (Fsp3) is 0. The molecular weight excluding hydrogens is 306 g/mol. The fourth-order valence-corrected chi connectivity index (χ4v) is 1.78. The molecule has 0 aromatic heterocycles. The third-order valence-electron chi connectivity index (χ3n) is 2.21. The molecular formula is C13H7BrF2O2. The molecule has 0 atom stereocenters. The van der Waals surface area contributed by atoms with Gasteiger partial charge < -0.3 is 4.74 Å². The van der Waals surface area contributed by atoms with Gasteiger partial charge in [0.1, 0.15) is 17.9 Å². The van der Waals surface area contributed by atoms with Gasteiger partial charge in [-0.1, -0.05) is 0 Å². The van der Waals surface area contributed by atoms with Crippen LogP contribution >= 0.6 is 15.9 Å². The highest BCUT2D eigenvalue weighted by Crippen LogP contribution is 2.31. The molecule has 2 aromatic rings. The van der Waals surface area contributed by atoms with Gasteiger partial charge in [-0.3, -0.25) is 4.79 Å². The van der Waals surface area contributed by atoms with Gasteiger partial charge in [-0.2, -0.15) is 0 Å². The van der Waals surface area contributed by atoms with E-state index in [0.29, 0.717) is 10.8 Å². The molecule has 92 valence electrons. The zero-order valence-corrected chi connectivity index (χ0v) is 10.6. The molecule has 0 aliphatic heterocycles. The second-order valence-electron chi connectivity index (χ2n) is 3.48. The molecule has 5 heteroatoms. The Morgan fingerprint density at radius 2 is 1.78 bits per heavy atom. The second-order valence-corrected chi connectivity index (χ2v) is 4.34. The van der Waals surface area contributed by atoms with Crippen LogP contribution in [0, 0.1) is 11.6 Å². The van der Waals surface area contributed by atoms with E-state index in [1.165, 1.54) is 30.3 Å². The first-order chi connectivity index (χ1) is 8.60. The molecule has 0 saturated heterocycles. The van der Waals surface area contributed by atoms with Gasteiger partial charge in [0, 0.05) is 5.56 Å². The number of rotatable bonds is 3. The summed E-state index contributed by atoms with van der Waals surface area (Å²) in [4.78, 5) is 10.5. The Balaban J connectivity index is 2.31. The minimum absolute atomic E-state index is 0.0343. The summed E-state index contributed by atoms with van der Waals surface area (Å²) in [6.45, 7) is 0. The van der Waals surface area contributed by atoms with Crippen LogP contribution in [0.5, 0.6) is 11.5 Å². The predicted octanol–water partition coefficient (Wildman–Crippen LogP) is 4.33. The Kier molecular flexibility index (Phi) is 3.72. The minimum Gasteiger partial charge on any atom is -0.453 e. The van der Waals surface area contributed by atoms with Gasteiger partial charge in [0.15, 0.2) is 11.6 Å². The van der Waals surface area contributed by atoms with E-state index >= 15 is 0 Å². The van der Waals surface area contributed by atoms with Crippen LogP contribution in [0.1, 0.15) is 10.4 Å². The van der Waals surface area contributed by atoms with E-state index in [-0.39, 0.29) is 17.1 Å². The molecule has 0 bridgehead atoms. The Hall–Kier alpha value is -1.75. The Bertz CT molecular complexity index is 600. The lowest BCUT2D eigenvalue weighted by atomic mass is 10.2. The normalized spacial score (nSPS) is 10.2. The first-order valence-electron chi connectivity index (χ1n) is 4.98. The molecule has 0 amide bonds. The standard InChI is InChI=1S/C13H7BrF2O2/c14-10-6-9(15)2-4-12(10)18-13-3-1-8(7-17)5-11(13)16/h1-7H. The summed E-state index contributed by atoms with van der Waals surface area (Å²) in [5.74, 6) is -0.830. The molecule has 0 aliphatic carbocycles. The molecule has 0 N–H and O–H groups in total. The summed E-state index contributed by atoms with van der Waals surface area (Å²) in [6, 6.07) is 7.65. The van der Waals surface area contributed by atoms with Crippen LogP contribution in [0.25, 0.3) is 0 Å². The van der Waals surface area contributed by atoms with Gasteiger partial charge >= 0.3 is 0 Å². The first kappa shape index (κ1) is 12.7. The van der Waals surface area contributed by atoms with Crippen molar-refractivity contribution in [3.05, 3.63) is 58.1 Å². The van der Waals surface area contributed by atoms with Crippen molar-refractivity contribution in [2.24, 2.45) is 0 Å². The lowest BCUT2D eigenvalue weighted by Gasteiger charge is -2.08. The number of hydrogen-bond donors (Lipinski definition) is 0. The minimum atomic E-state index is -0.657. The lowest BCUT2D eigenvalue weighted by Crippen LogP contribution is -1.91. The number of halogens is 3. The van der Waals surface area contributed by atoms with Gasteiger partial charge in [-0.05, 0) is 52.3 Å². The van der Waals surface area contributed by atoms with Crippen molar-refractivity contribution in [2.75, 3.05) is 0 Å². The van der Waals surface area contributed by atoms with Crippen molar-refractivity contribution >= 4 is 22.2 Å².